The summed E-state index contributed by atoms with van der Waals surface area (Å²) in [6, 6.07) is 0. The molecule has 1 aliphatic rings. The van der Waals surface area contributed by atoms with Crippen molar-refractivity contribution in [1.82, 2.24) is 0 Å². The molecule has 0 radical (unpaired) electrons. The summed E-state index contributed by atoms with van der Waals surface area (Å²) in [5, 5.41) is 0. The standard InChI is InChI=1S/C6H10OS2/c7-5-1-3-6(8,9)4-2-5/h8-9H,1-4H2. The van der Waals surface area contributed by atoms with Crippen LogP contribution in [0, 0.1) is 0 Å². The van der Waals surface area contributed by atoms with E-state index in [0.717, 1.165) is 12.8 Å². The minimum atomic E-state index is -0.173. The lowest BCUT2D eigenvalue weighted by molar-refractivity contribution is -0.120. The van der Waals surface area contributed by atoms with Gasteiger partial charge in [0, 0.05) is 12.8 Å². The second-order valence-corrected chi connectivity index (χ2v) is 4.59. The highest BCUT2D eigenvalue weighted by Crippen LogP contribution is 2.35. The van der Waals surface area contributed by atoms with Crippen molar-refractivity contribution >= 4 is 31.0 Å². The Morgan fingerprint density at radius 2 is 1.67 bits per heavy atom. The van der Waals surface area contributed by atoms with Crippen LogP contribution in [0.25, 0.3) is 0 Å². The normalized spacial score (nSPS) is 26.2. The van der Waals surface area contributed by atoms with Crippen molar-refractivity contribution in [2.45, 2.75) is 29.8 Å². The van der Waals surface area contributed by atoms with E-state index in [1.807, 2.05) is 0 Å². The van der Waals surface area contributed by atoms with E-state index in [1.54, 1.807) is 0 Å². The third kappa shape index (κ3) is 2.22. The van der Waals surface area contributed by atoms with Gasteiger partial charge in [0.1, 0.15) is 5.78 Å². The highest BCUT2D eigenvalue weighted by molar-refractivity contribution is 8.00. The smallest absolute Gasteiger partial charge is 0.133 e. The van der Waals surface area contributed by atoms with Gasteiger partial charge in [-0.05, 0) is 12.8 Å². The number of rotatable bonds is 0. The fourth-order valence-electron chi connectivity index (χ4n) is 0.929. The largest absolute Gasteiger partial charge is 0.300 e. The molecule has 0 aliphatic heterocycles. The molecule has 0 aromatic heterocycles. The molecule has 52 valence electrons. The Morgan fingerprint density at radius 3 is 2.00 bits per heavy atom. The molecule has 0 atom stereocenters. The van der Waals surface area contributed by atoms with Gasteiger partial charge in [0.15, 0.2) is 0 Å². The SMILES string of the molecule is O=C1CCC(S)(S)CC1. The van der Waals surface area contributed by atoms with Crippen molar-refractivity contribution in [3.63, 3.8) is 0 Å². The van der Waals surface area contributed by atoms with E-state index in [-0.39, 0.29) is 4.08 Å². The first-order valence-electron chi connectivity index (χ1n) is 3.07. The second-order valence-electron chi connectivity index (χ2n) is 2.52. The zero-order chi connectivity index (χ0) is 6.91. The lowest BCUT2D eigenvalue weighted by Crippen LogP contribution is -2.22. The summed E-state index contributed by atoms with van der Waals surface area (Å²) in [6.45, 7) is 0. The summed E-state index contributed by atoms with van der Waals surface area (Å²) in [6.07, 6.45) is 2.95. The maximum atomic E-state index is 10.7. The molecule has 3 heteroatoms. The molecule has 0 unspecified atom stereocenters. The molecule has 1 aliphatic carbocycles. The summed E-state index contributed by atoms with van der Waals surface area (Å²) in [5.74, 6) is 0.355. The first kappa shape index (κ1) is 7.48. The molecule has 0 amide bonds. The van der Waals surface area contributed by atoms with Crippen LogP contribution in [-0.4, -0.2) is 9.86 Å². The van der Waals surface area contributed by atoms with Crippen molar-refractivity contribution in [2.24, 2.45) is 0 Å². The Kier molecular flexibility index (Phi) is 2.11. The quantitative estimate of drug-likeness (QED) is 0.409. The summed E-state index contributed by atoms with van der Waals surface area (Å²) < 4.78 is -0.173. The van der Waals surface area contributed by atoms with E-state index in [1.165, 1.54) is 0 Å². The maximum Gasteiger partial charge on any atom is 0.133 e. The number of ketones is 1. The molecular weight excluding hydrogens is 152 g/mol. The molecule has 0 bridgehead atoms. The number of carbonyl (C=O) groups is 1. The molecule has 0 N–H and O–H groups in total. The van der Waals surface area contributed by atoms with Gasteiger partial charge < -0.3 is 0 Å². The molecule has 0 spiro atoms. The van der Waals surface area contributed by atoms with Crippen LogP contribution in [0.2, 0.25) is 0 Å². The summed E-state index contributed by atoms with van der Waals surface area (Å²) in [4.78, 5) is 10.7. The number of carbonyl (C=O) groups excluding carboxylic acids is 1. The lowest BCUT2D eigenvalue weighted by Gasteiger charge is -2.25. The fraction of sp³-hybridized carbons (Fsp3) is 0.833. The number of thiol groups is 2. The predicted octanol–water partition coefficient (Wildman–Crippen LogP) is 1.69. The van der Waals surface area contributed by atoms with Crippen molar-refractivity contribution in [3.05, 3.63) is 0 Å². The van der Waals surface area contributed by atoms with Crippen LogP contribution in [0.1, 0.15) is 25.7 Å². The molecule has 1 nitrogen and oxygen atoms in total. The third-order valence-electron chi connectivity index (χ3n) is 1.61. The van der Waals surface area contributed by atoms with Crippen molar-refractivity contribution < 1.29 is 4.79 Å². The molecular formula is C6H10OS2. The molecule has 1 saturated carbocycles. The average molecular weight is 162 g/mol. The first-order chi connectivity index (χ1) is 4.10. The van der Waals surface area contributed by atoms with Crippen molar-refractivity contribution in [1.29, 1.82) is 0 Å². The zero-order valence-corrected chi connectivity index (χ0v) is 6.92. The second kappa shape index (κ2) is 2.54. The minimum absolute atomic E-state index is 0.173. The van der Waals surface area contributed by atoms with Crippen LogP contribution in [0.5, 0.6) is 0 Å². The minimum Gasteiger partial charge on any atom is -0.300 e. The molecule has 0 aromatic carbocycles. The Bertz CT molecular complexity index is 119. The maximum absolute atomic E-state index is 10.7. The van der Waals surface area contributed by atoms with E-state index in [0.29, 0.717) is 18.6 Å². The number of hydrogen-bond acceptors (Lipinski definition) is 3. The Morgan fingerprint density at radius 1 is 1.22 bits per heavy atom. The van der Waals surface area contributed by atoms with Crippen molar-refractivity contribution in [2.75, 3.05) is 0 Å². The van der Waals surface area contributed by atoms with Crippen LogP contribution in [0.15, 0.2) is 0 Å². The monoisotopic (exact) mass is 162 g/mol. The predicted molar refractivity (Wildman–Crippen MR) is 44.2 cm³/mol. The zero-order valence-electron chi connectivity index (χ0n) is 5.13. The molecule has 0 aromatic rings. The van der Waals surface area contributed by atoms with Crippen LogP contribution in [0.3, 0.4) is 0 Å². The van der Waals surface area contributed by atoms with Gasteiger partial charge in [-0.25, -0.2) is 0 Å². The Hall–Kier alpha value is 0.370. The molecule has 0 saturated heterocycles. The highest BCUT2D eigenvalue weighted by Gasteiger charge is 2.26. The summed E-state index contributed by atoms with van der Waals surface area (Å²) in [7, 11) is 0. The molecule has 9 heavy (non-hydrogen) atoms. The van der Waals surface area contributed by atoms with Gasteiger partial charge in [-0.15, -0.1) is 0 Å². The fourth-order valence-corrected chi connectivity index (χ4v) is 1.38. The Balaban J connectivity index is 2.44. The van der Waals surface area contributed by atoms with Crippen LogP contribution < -0.4 is 0 Å². The van der Waals surface area contributed by atoms with E-state index in [4.69, 9.17) is 0 Å². The molecule has 1 fully saturated rings. The summed E-state index contributed by atoms with van der Waals surface area (Å²) >= 11 is 8.54. The Labute approximate surface area is 66.0 Å². The third-order valence-corrected chi connectivity index (χ3v) is 2.50. The van der Waals surface area contributed by atoms with Crippen molar-refractivity contribution in [3.8, 4) is 0 Å². The highest BCUT2D eigenvalue weighted by atomic mass is 32.2. The van der Waals surface area contributed by atoms with Gasteiger partial charge in [-0.3, -0.25) is 4.79 Å². The number of hydrogen-bond donors (Lipinski definition) is 2. The number of Topliss-reactive ketones (excluding diaryl/α,β-unsaturated/α-hetero) is 1. The van der Waals surface area contributed by atoms with E-state index in [9.17, 15) is 4.79 Å². The molecule has 0 heterocycles. The summed E-state index contributed by atoms with van der Waals surface area (Å²) in [5.41, 5.74) is 0. The van der Waals surface area contributed by atoms with E-state index >= 15 is 0 Å². The van der Waals surface area contributed by atoms with Gasteiger partial charge in [-0.2, -0.15) is 25.3 Å². The van der Waals surface area contributed by atoms with E-state index in [2.05, 4.69) is 25.3 Å². The van der Waals surface area contributed by atoms with Crippen LogP contribution in [0.4, 0.5) is 0 Å². The van der Waals surface area contributed by atoms with Gasteiger partial charge in [-0.1, -0.05) is 0 Å². The van der Waals surface area contributed by atoms with Gasteiger partial charge in [0.05, 0.1) is 4.08 Å². The van der Waals surface area contributed by atoms with Crippen LogP contribution in [-0.2, 0) is 4.79 Å². The first-order valence-corrected chi connectivity index (χ1v) is 3.96. The van der Waals surface area contributed by atoms with Gasteiger partial charge in [0.25, 0.3) is 0 Å². The van der Waals surface area contributed by atoms with E-state index < -0.39 is 0 Å². The van der Waals surface area contributed by atoms with Gasteiger partial charge in [0.2, 0.25) is 0 Å². The average Bonchev–Trinajstić information content (AvgIpc) is 1.78. The van der Waals surface area contributed by atoms with Crippen LogP contribution >= 0.6 is 25.3 Å². The topological polar surface area (TPSA) is 17.1 Å². The molecule has 1 rings (SSSR count). The van der Waals surface area contributed by atoms with Gasteiger partial charge >= 0.3 is 0 Å². The lowest BCUT2D eigenvalue weighted by atomic mass is 9.98.